The van der Waals surface area contributed by atoms with E-state index >= 15 is 0 Å². The first-order valence-electron chi connectivity index (χ1n) is 5.61. The zero-order chi connectivity index (χ0) is 13.5. The van der Waals surface area contributed by atoms with E-state index in [0.717, 1.165) is 0 Å². The molecule has 98 valence electrons. The second-order valence-corrected chi connectivity index (χ2v) is 4.24. The maximum atomic E-state index is 11.8. The first kappa shape index (κ1) is 14.4. The number of carbonyl (C=O) groups is 1. The van der Waals surface area contributed by atoms with E-state index in [1.165, 1.54) is 6.08 Å². The lowest BCUT2D eigenvalue weighted by atomic mass is 10.3. The lowest BCUT2D eigenvalue weighted by Gasteiger charge is -2.16. The third-order valence-electron chi connectivity index (χ3n) is 2.10. The fraction of sp³-hybridized carbons (Fsp3) is 0.308. The predicted octanol–water partition coefficient (Wildman–Crippen LogP) is 2.72. The summed E-state index contributed by atoms with van der Waals surface area (Å²) in [5, 5.41) is 3.36. The molecule has 1 rings (SSSR count). The first-order chi connectivity index (χ1) is 8.52. The predicted molar refractivity (Wildman–Crippen MR) is 73.5 cm³/mol. The normalized spacial score (nSPS) is 11.0. The number of nitrogens with one attached hydrogen (secondary N) is 1. The molecule has 0 aromatic heterocycles. The molecule has 0 aliphatic carbocycles. The number of hydrogen-bond donors (Lipinski definition) is 1. The summed E-state index contributed by atoms with van der Waals surface area (Å²) in [5.74, 6) is 0.276. The zero-order valence-electron chi connectivity index (χ0n) is 10.7. The molecule has 0 aliphatic heterocycles. The Morgan fingerprint density at radius 3 is 2.50 bits per heavy atom. The van der Waals surface area contributed by atoms with E-state index < -0.39 is 0 Å². The number of rotatable bonds is 5. The van der Waals surface area contributed by atoms with Crippen LogP contribution in [-0.2, 0) is 9.53 Å². The molecule has 5 heteroatoms. The van der Waals surface area contributed by atoms with E-state index in [4.69, 9.17) is 16.3 Å². The van der Waals surface area contributed by atoms with Crippen LogP contribution < -0.4 is 5.32 Å². The Morgan fingerprint density at radius 2 is 2.00 bits per heavy atom. The van der Waals surface area contributed by atoms with Gasteiger partial charge in [-0.15, -0.1) is 0 Å². The quantitative estimate of drug-likeness (QED) is 0.659. The Labute approximate surface area is 112 Å². The highest BCUT2D eigenvalue weighted by Crippen LogP contribution is 2.13. The molecule has 1 N–H and O–H groups in total. The van der Waals surface area contributed by atoms with Gasteiger partial charge in [0.15, 0.2) is 5.88 Å². The van der Waals surface area contributed by atoms with Gasteiger partial charge in [0, 0.05) is 24.8 Å². The van der Waals surface area contributed by atoms with Gasteiger partial charge in [-0.1, -0.05) is 11.6 Å². The van der Waals surface area contributed by atoms with E-state index in [2.05, 4.69) is 5.32 Å². The number of halogens is 1. The minimum atomic E-state index is -0.241. The molecule has 0 saturated carbocycles. The minimum Gasteiger partial charge on any atom is -0.479 e. The number of carbonyl (C=O) groups excluding carboxylic acids is 1. The van der Waals surface area contributed by atoms with Gasteiger partial charge >= 0.3 is 0 Å². The first-order valence-corrected chi connectivity index (χ1v) is 5.99. The summed E-state index contributed by atoms with van der Waals surface area (Å²) >= 11 is 5.76. The molecule has 0 heterocycles. The molecular formula is C13H17ClN2O2. The zero-order valence-corrected chi connectivity index (χ0v) is 11.5. The van der Waals surface area contributed by atoms with Gasteiger partial charge in [0.2, 0.25) is 0 Å². The molecule has 0 bridgehead atoms. The summed E-state index contributed by atoms with van der Waals surface area (Å²) in [6.45, 7) is 2.38. The topological polar surface area (TPSA) is 41.6 Å². The van der Waals surface area contributed by atoms with Gasteiger partial charge in [-0.3, -0.25) is 4.79 Å². The molecule has 0 unspecified atom stereocenters. The number of benzene rings is 1. The Hall–Kier alpha value is -1.68. The van der Waals surface area contributed by atoms with Crippen LogP contribution >= 0.6 is 11.6 Å². The second kappa shape index (κ2) is 6.91. The molecule has 0 aliphatic rings. The van der Waals surface area contributed by atoms with Crippen molar-refractivity contribution in [2.45, 2.75) is 6.92 Å². The van der Waals surface area contributed by atoms with Gasteiger partial charge in [-0.25, -0.2) is 0 Å². The van der Waals surface area contributed by atoms with Gasteiger partial charge in [0.1, 0.15) is 0 Å². The van der Waals surface area contributed by atoms with Crippen molar-refractivity contribution in [1.82, 2.24) is 4.90 Å². The number of anilines is 1. The van der Waals surface area contributed by atoms with Crippen molar-refractivity contribution in [2.75, 3.05) is 26.0 Å². The van der Waals surface area contributed by atoms with Crippen LogP contribution in [0, 0.1) is 0 Å². The second-order valence-electron chi connectivity index (χ2n) is 3.81. The van der Waals surface area contributed by atoms with Crippen LogP contribution in [0.4, 0.5) is 5.69 Å². The Bertz CT molecular complexity index is 427. The summed E-state index contributed by atoms with van der Waals surface area (Å²) in [6, 6.07) is 6.92. The van der Waals surface area contributed by atoms with Crippen LogP contribution in [0.5, 0.6) is 0 Å². The van der Waals surface area contributed by atoms with Crippen LogP contribution in [0.3, 0.4) is 0 Å². The fourth-order valence-corrected chi connectivity index (χ4v) is 1.40. The smallest absolute Gasteiger partial charge is 0.253 e. The third-order valence-corrected chi connectivity index (χ3v) is 2.35. The van der Waals surface area contributed by atoms with Crippen LogP contribution in [0.25, 0.3) is 0 Å². The molecule has 4 nitrogen and oxygen atoms in total. The Balaban J connectivity index is 2.69. The minimum absolute atomic E-state index is 0.241. The highest BCUT2D eigenvalue weighted by atomic mass is 35.5. The summed E-state index contributed by atoms with van der Waals surface area (Å²) in [5.41, 5.74) is 0.690. The monoisotopic (exact) mass is 268 g/mol. The molecule has 0 atom stereocenters. The van der Waals surface area contributed by atoms with Crippen molar-refractivity contribution in [3.63, 3.8) is 0 Å². The van der Waals surface area contributed by atoms with Crippen LogP contribution in [0.2, 0.25) is 5.02 Å². The lowest BCUT2D eigenvalue weighted by Crippen LogP contribution is -2.18. The molecule has 0 spiro atoms. The van der Waals surface area contributed by atoms with E-state index in [1.807, 2.05) is 21.0 Å². The van der Waals surface area contributed by atoms with Gasteiger partial charge in [-0.2, -0.15) is 0 Å². The average molecular weight is 269 g/mol. The van der Waals surface area contributed by atoms with E-state index in [-0.39, 0.29) is 5.91 Å². The van der Waals surface area contributed by atoms with Crippen molar-refractivity contribution in [3.8, 4) is 0 Å². The lowest BCUT2D eigenvalue weighted by molar-refractivity contribution is -0.112. The van der Waals surface area contributed by atoms with E-state index in [1.54, 1.807) is 29.2 Å². The third kappa shape index (κ3) is 4.67. The van der Waals surface area contributed by atoms with Crippen LogP contribution in [-0.4, -0.2) is 31.5 Å². The Kier molecular flexibility index (Phi) is 5.52. The molecule has 0 radical (unpaired) electrons. The van der Waals surface area contributed by atoms with Gasteiger partial charge in [-0.05, 0) is 31.2 Å². The molecule has 0 saturated heterocycles. The molecule has 1 amide bonds. The summed E-state index contributed by atoms with van der Waals surface area (Å²) < 4.78 is 5.34. The fourth-order valence-electron chi connectivity index (χ4n) is 1.27. The highest BCUT2D eigenvalue weighted by molar-refractivity contribution is 6.30. The largest absolute Gasteiger partial charge is 0.479 e. The number of nitrogens with zero attached hydrogens (tertiary/aromatic N) is 1. The maximum absolute atomic E-state index is 11.8. The van der Waals surface area contributed by atoms with Crippen molar-refractivity contribution in [2.24, 2.45) is 0 Å². The van der Waals surface area contributed by atoms with E-state index in [0.29, 0.717) is 23.2 Å². The van der Waals surface area contributed by atoms with Crippen molar-refractivity contribution >= 4 is 23.2 Å². The number of hydrogen-bond acceptors (Lipinski definition) is 3. The molecule has 1 aromatic carbocycles. The Morgan fingerprint density at radius 1 is 1.39 bits per heavy atom. The van der Waals surface area contributed by atoms with Crippen molar-refractivity contribution in [1.29, 1.82) is 0 Å². The average Bonchev–Trinajstić information content (AvgIpc) is 2.31. The summed E-state index contributed by atoms with van der Waals surface area (Å²) in [6.07, 6.45) is 1.41. The summed E-state index contributed by atoms with van der Waals surface area (Å²) in [7, 11) is 3.63. The summed E-state index contributed by atoms with van der Waals surface area (Å²) in [4.78, 5) is 13.5. The van der Waals surface area contributed by atoms with Gasteiger partial charge in [0.05, 0.1) is 12.7 Å². The SMILES string of the molecule is CCO/C(=C\C(=O)Nc1ccc(Cl)cc1)N(C)C. The van der Waals surface area contributed by atoms with Crippen molar-refractivity contribution in [3.05, 3.63) is 41.2 Å². The van der Waals surface area contributed by atoms with Crippen molar-refractivity contribution < 1.29 is 9.53 Å². The van der Waals surface area contributed by atoms with Crippen LogP contribution in [0.1, 0.15) is 6.92 Å². The van der Waals surface area contributed by atoms with Gasteiger partial charge < -0.3 is 15.0 Å². The maximum Gasteiger partial charge on any atom is 0.253 e. The number of amides is 1. The number of ether oxygens (including phenoxy) is 1. The van der Waals surface area contributed by atoms with E-state index in [9.17, 15) is 4.79 Å². The standard InChI is InChI=1S/C13H17ClN2O2/c1-4-18-13(16(2)3)9-12(17)15-11-7-5-10(14)6-8-11/h5-9H,4H2,1-3H3,(H,15,17)/b13-9-. The highest BCUT2D eigenvalue weighted by Gasteiger charge is 2.05. The molecule has 18 heavy (non-hydrogen) atoms. The molecule has 1 aromatic rings. The van der Waals surface area contributed by atoms with Crippen LogP contribution in [0.15, 0.2) is 36.2 Å². The molecular weight excluding hydrogens is 252 g/mol. The molecule has 0 fully saturated rings. The van der Waals surface area contributed by atoms with Gasteiger partial charge in [0.25, 0.3) is 5.91 Å².